The number of halogens is 1. The Morgan fingerprint density at radius 1 is 1.42 bits per heavy atom. The predicted octanol–water partition coefficient (Wildman–Crippen LogP) is 3.31. The van der Waals surface area contributed by atoms with E-state index in [-0.39, 0.29) is 36.5 Å². The van der Waals surface area contributed by atoms with Gasteiger partial charge in [-0.1, -0.05) is 25.1 Å². The van der Waals surface area contributed by atoms with Gasteiger partial charge in [0.2, 0.25) is 0 Å². The molecule has 1 aromatic carbocycles. The monoisotopic (exact) mass is 463 g/mol. The van der Waals surface area contributed by atoms with Crippen molar-refractivity contribution < 1.29 is 5.11 Å². The Kier molecular flexibility index (Phi) is 10.8. The lowest BCUT2D eigenvalue weighted by Crippen LogP contribution is -2.40. The molecule has 6 heteroatoms. The normalized spacial score (nSPS) is 19.0. The summed E-state index contributed by atoms with van der Waals surface area (Å²) in [5, 5.41) is 12.5. The van der Waals surface area contributed by atoms with Gasteiger partial charge in [-0.25, -0.2) is 0 Å². The largest absolute Gasteiger partial charge is 0.396 e. The van der Waals surface area contributed by atoms with Crippen molar-refractivity contribution in [3.8, 4) is 0 Å². The molecule has 1 heterocycles. The van der Waals surface area contributed by atoms with Crippen LogP contribution in [0.5, 0.6) is 0 Å². The maximum atomic E-state index is 9.16. The number of guanidine groups is 1. The van der Waals surface area contributed by atoms with Crippen molar-refractivity contribution >= 4 is 41.7 Å². The number of benzene rings is 1. The van der Waals surface area contributed by atoms with Gasteiger partial charge < -0.3 is 15.3 Å². The molecule has 0 bridgehead atoms. The fourth-order valence-electron chi connectivity index (χ4n) is 2.62. The van der Waals surface area contributed by atoms with Gasteiger partial charge in [0.15, 0.2) is 5.96 Å². The molecule has 1 aliphatic rings. The highest BCUT2D eigenvalue weighted by Crippen LogP contribution is 2.25. The van der Waals surface area contributed by atoms with Crippen LogP contribution in [0.15, 0.2) is 40.2 Å². The third kappa shape index (κ3) is 7.19. The fraction of sp³-hybridized carbons (Fsp3) is 0.611. The molecule has 2 rings (SSSR count). The highest BCUT2D eigenvalue weighted by atomic mass is 127. The molecule has 1 fully saturated rings. The predicted molar refractivity (Wildman–Crippen MR) is 114 cm³/mol. The van der Waals surface area contributed by atoms with Gasteiger partial charge in [-0.2, -0.15) is 0 Å². The van der Waals surface area contributed by atoms with E-state index in [0.29, 0.717) is 12.5 Å². The molecule has 2 N–H and O–H groups in total. The van der Waals surface area contributed by atoms with E-state index in [9.17, 15) is 0 Å². The van der Waals surface area contributed by atoms with Gasteiger partial charge in [-0.05, 0) is 37.3 Å². The van der Waals surface area contributed by atoms with Crippen LogP contribution in [0.3, 0.4) is 0 Å². The van der Waals surface area contributed by atoms with Crippen LogP contribution in [0.4, 0.5) is 0 Å². The lowest BCUT2D eigenvalue weighted by molar-refractivity contribution is 0.241. The second-order valence-electron chi connectivity index (χ2n) is 6.21. The Bertz CT molecular complexity index is 486. The lowest BCUT2D eigenvalue weighted by atomic mass is 10.2. The summed E-state index contributed by atoms with van der Waals surface area (Å²) in [6.45, 7) is 8.02. The average Bonchev–Trinajstić information content (AvgIpc) is 3.06. The summed E-state index contributed by atoms with van der Waals surface area (Å²) in [4.78, 5) is 8.40. The molecule has 0 spiro atoms. The van der Waals surface area contributed by atoms with Crippen LogP contribution in [0.2, 0.25) is 0 Å². The van der Waals surface area contributed by atoms with E-state index in [2.05, 4.69) is 52.5 Å². The van der Waals surface area contributed by atoms with E-state index in [1.165, 1.54) is 11.3 Å². The minimum atomic E-state index is 0. The van der Waals surface area contributed by atoms with Crippen molar-refractivity contribution in [2.24, 2.45) is 16.8 Å². The molecule has 4 nitrogen and oxygen atoms in total. The first-order valence-corrected chi connectivity index (χ1v) is 9.53. The SMILES string of the molecule is CCNC(=NCC(C)CO)N1CCC(CSc2ccccc2)C1.I. The number of rotatable bonds is 7. The summed E-state index contributed by atoms with van der Waals surface area (Å²) in [7, 11) is 0. The number of aliphatic hydroxyl groups excluding tert-OH is 1. The number of nitrogens with one attached hydrogen (secondary N) is 1. The minimum absolute atomic E-state index is 0. The van der Waals surface area contributed by atoms with Crippen molar-refractivity contribution in [3.05, 3.63) is 30.3 Å². The van der Waals surface area contributed by atoms with Gasteiger partial charge in [0.1, 0.15) is 0 Å². The molecular formula is C18H30IN3OS. The van der Waals surface area contributed by atoms with Crippen LogP contribution in [-0.4, -0.2) is 54.5 Å². The summed E-state index contributed by atoms with van der Waals surface area (Å²) >= 11 is 1.95. The van der Waals surface area contributed by atoms with Gasteiger partial charge >= 0.3 is 0 Å². The van der Waals surface area contributed by atoms with Crippen LogP contribution in [-0.2, 0) is 0 Å². The number of hydrogen-bond acceptors (Lipinski definition) is 3. The van der Waals surface area contributed by atoms with Crippen molar-refractivity contribution in [2.45, 2.75) is 25.2 Å². The molecule has 1 saturated heterocycles. The Hall–Kier alpha value is -0.470. The van der Waals surface area contributed by atoms with Gasteiger partial charge in [0, 0.05) is 43.4 Å². The van der Waals surface area contributed by atoms with E-state index >= 15 is 0 Å². The van der Waals surface area contributed by atoms with E-state index in [4.69, 9.17) is 5.11 Å². The van der Waals surface area contributed by atoms with Crippen LogP contribution in [0.25, 0.3) is 0 Å². The molecule has 0 aromatic heterocycles. The fourth-order valence-corrected chi connectivity index (χ4v) is 3.67. The Morgan fingerprint density at radius 2 is 2.17 bits per heavy atom. The number of likely N-dealkylation sites (tertiary alicyclic amines) is 1. The van der Waals surface area contributed by atoms with Crippen molar-refractivity contribution in [2.75, 3.05) is 38.5 Å². The number of hydrogen-bond donors (Lipinski definition) is 2. The number of aliphatic imine (C=N–C) groups is 1. The summed E-state index contributed by atoms with van der Waals surface area (Å²) in [6, 6.07) is 10.6. The zero-order valence-electron chi connectivity index (χ0n) is 14.6. The maximum Gasteiger partial charge on any atom is 0.193 e. The minimum Gasteiger partial charge on any atom is -0.396 e. The Balaban J connectivity index is 0.00000288. The van der Waals surface area contributed by atoms with Crippen LogP contribution in [0.1, 0.15) is 20.3 Å². The van der Waals surface area contributed by atoms with Crippen molar-refractivity contribution in [1.82, 2.24) is 10.2 Å². The zero-order valence-corrected chi connectivity index (χ0v) is 17.8. The number of thioether (sulfide) groups is 1. The van der Waals surface area contributed by atoms with Crippen molar-refractivity contribution in [1.29, 1.82) is 0 Å². The lowest BCUT2D eigenvalue weighted by Gasteiger charge is -2.22. The third-order valence-corrected chi connectivity index (χ3v) is 5.26. The molecule has 0 aliphatic carbocycles. The van der Waals surface area contributed by atoms with E-state index in [1.54, 1.807) is 0 Å². The summed E-state index contributed by atoms with van der Waals surface area (Å²) in [6.07, 6.45) is 1.22. The van der Waals surface area contributed by atoms with Crippen molar-refractivity contribution in [3.63, 3.8) is 0 Å². The van der Waals surface area contributed by atoms with Gasteiger partial charge in [0.05, 0.1) is 0 Å². The Morgan fingerprint density at radius 3 is 2.83 bits per heavy atom. The molecule has 1 aromatic rings. The van der Waals surface area contributed by atoms with Gasteiger partial charge in [0.25, 0.3) is 0 Å². The topological polar surface area (TPSA) is 47.9 Å². The highest BCUT2D eigenvalue weighted by Gasteiger charge is 2.24. The van der Waals surface area contributed by atoms with Gasteiger partial charge in [-0.15, -0.1) is 35.7 Å². The molecule has 0 amide bonds. The standard InChI is InChI=1S/C18H29N3OS.HI/c1-3-19-18(20-11-15(2)13-22)21-10-9-16(12-21)14-23-17-7-5-4-6-8-17;/h4-8,15-16,22H,3,9-14H2,1-2H3,(H,19,20);1H. The Labute approximate surface area is 167 Å². The number of nitrogens with zero attached hydrogens (tertiary/aromatic N) is 2. The molecule has 0 saturated carbocycles. The smallest absolute Gasteiger partial charge is 0.193 e. The van der Waals surface area contributed by atoms with E-state index in [1.807, 2.05) is 18.7 Å². The second-order valence-corrected chi connectivity index (χ2v) is 7.30. The molecular weight excluding hydrogens is 433 g/mol. The quantitative estimate of drug-likeness (QED) is 0.282. The van der Waals surface area contributed by atoms with Crippen LogP contribution >= 0.6 is 35.7 Å². The average molecular weight is 463 g/mol. The van der Waals surface area contributed by atoms with E-state index in [0.717, 1.165) is 31.3 Å². The summed E-state index contributed by atoms with van der Waals surface area (Å²) < 4.78 is 0. The molecule has 2 atom stereocenters. The second kappa shape index (κ2) is 12.0. The first kappa shape index (κ1) is 21.6. The first-order valence-electron chi connectivity index (χ1n) is 8.54. The van der Waals surface area contributed by atoms with Crippen LogP contribution < -0.4 is 5.32 Å². The summed E-state index contributed by atoms with van der Waals surface area (Å²) in [5.74, 6) is 3.09. The van der Waals surface area contributed by atoms with Gasteiger partial charge in [-0.3, -0.25) is 4.99 Å². The third-order valence-electron chi connectivity index (χ3n) is 4.01. The summed E-state index contributed by atoms with van der Waals surface area (Å²) in [5.41, 5.74) is 0. The molecule has 0 radical (unpaired) electrons. The molecule has 1 aliphatic heterocycles. The maximum absolute atomic E-state index is 9.16. The molecule has 24 heavy (non-hydrogen) atoms. The number of aliphatic hydroxyl groups is 1. The van der Waals surface area contributed by atoms with Crippen LogP contribution in [0, 0.1) is 11.8 Å². The van der Waals surface area contributed by atoms with E-state index < -0.39 is 0 Å². The first-order chi connectivity index (χ1) is 11.2. The molecule has 136 valence electrons. The highest BCUT2D eigenvalue weighted by molar-refractivity contribution is 14.0. The zero-order chi connectivity index (χ0) is 16.5. The molecule has 2 unspecified atom stereocenters.